The van der Waals surface area contributed by atoms with Gasteiger partial charge in [0, 0.05) is 50.9 Å². The first kappa shape index (κ1) is 18.8. The molecule has 1 spiro atoms. The SMILES string of the molecule is C[C@@H]1CCc2onc(C(=O)N3CCC4(CC3)C[C@](O)(c3nccn3C)CO4)c2C1. The van der Waals surface area contributed by atoms with Crippen LogP contribution in [0, 0.1) is 5.92 Å². The number of piperidine rings is 1. The highest BCUT2D eigenvalue weighted by Crippen LogP contribution is 2.45. The van der Waals surface area contributed by atoms with Crippen LogP contribution in [-0.2, 0) is 30.2 Å². The Morgan fingerprint density at radius 3 is 2.86 bits per heavy atom. The maximum Gasteiger partial charge on any atom is 0.276 e. The molecule has 0 saturated carbocycles. The summed E-state index contributed by atoms with van der Waals surface area (Å²) >= 11 is 0. The van der Waals surface area contributed by atoms with Crippen LogP contribution < -0.4 is 0 Å². The molecule has 2 saturated heterocycles. The van der Waals surface area contributed by atoms with Crippen LogP contribution >= 0.6 is 0 Å². The fourth-order valence-corrected chi connectivity index (χ4v) is 5.20. The predicted molar refractivity (Wildman–Crippen MR) is 103 cm³/mol. The molecule has 0 aromatic carbocycles. The van der Waals surface area contributed by atoms with Gasteiger partial charge in [-0.05, 0) is 31.6 Å². The van der Waals surface area contributed by atoms with Gasteiger partial charge in [0.05, 0.1) is 12.2 Å². The van der Waals surface area contributed by atoms with Gasteiger partial charge in [-0.3, -0.25) is 4.79 Å². The maximum atomic E-state index is 13.1. The van der Waals surface area contributed by atoms with Gasteiger partial charge in [-0.2, -0.15) is 0 Å². The largest absolute Gasteiger partial charge is 0.379 e. The molecule has 0 unspecified atom stereocenters. The molecule has 2 aromatic rings. The fourth-order valence-electron chi connectivity index (χ4n) is 5.20. The number of carbonyl (C=O) groups is 1. The molecular weight excluding hydrogens is 372 g/mol. The summed E-state index contributed by atoms with van der Waals surface area (Å²) in [6.07, 6.45) is 8.22. The molecule has 3 aliphatic rings. The highest BCUT2D eigenvalue weighted by atomic mass is 16.5. The van der Waals surface area contributed by atoms with Gasteiger partial charge in [-0.15, -0.1) is 0 Å². The van der Waals surface area contributed by atoms with Crippen molar-refractivity contribution in [3.05, 3.63) is 35.2 Å². The van der Waals surface area contributed by atoms with Crippen LogP contribution in [0.4, 0.5) is 0 Å². The number of hydrogen-bond donors (Lipinski definition) is 1. The van der Waals surface area contributed by atoms with Crippen molar-refractivity contribution >= 4 is 5.91 Å². The Kier molecular flexibility index (Phi) is 4.33. The first-order valence-corrected chi connectivity index (χ1v) is 10.5. The molecule has 5 rings (SSSR count). The average Bonchev–Trinajstić information content (AvgIpc) is 3.40. The monoisotopic (exact) mass is 400 g/mol. The molecule has 2 atom stereocenters. The van der Waals surface area contributed by atoms with Gasteiger partial charge >= 0.3 is 0 Å². The number of aliphatic hydroxyl groups is 1. The second-order valence-electron chi connectivity index (χ2n) is 9.11. The normalized spacial score (nSPS) is 28.7. The summed E-state index contributed by atoms with van der Waals surface area (Å²) in [7, 11) is 1.88. The molecule has 4 heterocycles. The van der Waals surface area contributed by atoms with E-state index in [0.717, 1.165) is 30.6 Å². The van der Waals surface area contributed by atoms with Crippen LogP contribution in [0.5, 0.6) is 0 Å². The second kappa shape index (κ2) is 6.67. The van der Waals surface area contributed by atoms with Crippen LogP contribution in [0.1, 0.15) is 60.2 Å². The standard InChI is InChI=1S/C21H28N4O4/c1-14-3-4-16-15(11-14)17(23-29-16)18(26)25-8-5-20(6-9-25)12-21(27,13-28-20)19-22-7-10-24(19)2/h7,10,14,27H,3-6,8-9,11-13H2,1-2H3/t14-,21-/m1/s1. The van der Waals surface area contributed by atoms with Crippen LogP contribution in [-0.4, -0.2) is 55.9 Å². The average molecular weight is 400 g/mol. The van der Waals surface area contributed by atoms with Crippen LogP contribution in [0.2, 0.25) is 0 Å². The van der Waals surface area contributed by atoms with E-state index < -0.39 is 11.2 Å². The van der Waals surface area contributed by atoms with E-state index in [1.54, 1.807) is 6.20 Å². The first-order valence-electron chi connectivity index (χ1n) is 10.5. The summed E-state index contributed by atoms with van der Waals surface area (Å²) in [6.45, 7) is 3.62. The Hall–Kier alpha value is -2.19. The highest BCUT2D eigenvalue weighted by molar-refractivity contribution is 5.94. The van der Waals surface area contributed by atoms with Crippen molar-refractivity contribution in [1.29, 1.82) is 0 Å². The summed E-state index contributed by atoms with van der Waals surface area (Å²) in [5.74, 6) is 2.01. The number of amides is 1. The number of fused-ring (bicyclic) bond motifs is 1. The van der Waals surface area contributed by atoms with Crippen LogP contribution in [0.25, 0.3) is 0 Å². The van der Waals surface area contributed by atoms with E-state index in [4.69, 9.17) is 9.26 Å². The van der Waals surface area contributed by atoms with Crippen LogP contribution in [0.15, 0.2) is 16.9 Å². The number of nitrogens with zero attached hydrogens (tertiary/aromatic N) is 4. The number of carbonyl (C=O) groups excluding carboxylic acids is 1. The summed E-state index contributed by atoms with van der Waals surface area (Å²) in [5.41, 5.74) is -0.00395. The Bertz CT molecular complexity index is 927. The third kappa shape index (κ3) is 3.09. The molecule has 2 aliphatic heterocycles. The number of aromatic nitrogens is 3. The number of imidazole rings is 1. The van der Waals surface area contributed by atoms with E-state index in [0.29, 0.717) is 49.8 Å². The van der Waals surface area contributed by atoms with E-state index in [-0.39, 0.29) is 12.5 Å². The molecule has 1 N–H and O–H groups in total. The van der Waals surface area contributed by atoms with Crippen molar-refractivity contribution in [1.82, 2.24) is 19.6 Å². The van der Waals surface area contributed by atoms with Crippen molar-refractivity contribution in [3.8, 4) is 0 Å². The molecule has 29 heavy (non-hydrogen) atoms. The third-order valence-electron chi connectivity index (χ3n) is 6.92. The zero-order valence-electron chi connectivity index (χ0n) is 17.1. The molecule has 2 aromatic heterocycles. The summed E-state index contributed by atoms with van der Waals surface area (Å²) in [6, 6.07) is 0. The zero-order chi connectivity index (χ0) is 20.2. The molecule has 0 radical (unpaired) electrons. The van der Waals surface area contributed by atoms with Gasteiger partial charge in [-0.1, -0.05) is 12.1 Å². The lowest BCUT2D eigenvalue weighted by Crippen LogP contribution is -2.47. The minimum Gasteiger partial charge on any atom is -0.379 e. The molecule has 8 heteroatoms. The summed E-state index contributed by atoms with van der Waals surface area (Å²) < 4.78 is 13.4. The molecule has 1 aliphatic carbocycles. The Labute approximate surface area is 169 Å². The number of aryl methyl sites for hydroxylation is 2. The molecule has 0 bridgehead atoms. The van der Waals surface area contributed by atoms with Gasteiger partial charge in [0.2, 0.25) is 0 Å². The maximum absolute atomic E-state index is 13.1. The number of ether oxygens (including phenoxy) is 1. The Morgan fingerprint density at radius 2 is 2.14 bits per heavy atom. The minimum absolute atomic E-state index is 0.0451. The van der Waals surface area contributed by atoms with Crippen molar-refractivity contribution in [2.45, 2.75) is 56.7 Å². The summed E-state index contributed by atoms with van der Waals surface area (Å²) in [5, 5.41) is 15.2. The topological polar surface area (TPSA) is 93.6 Å². The Morgan fingerprint density at radius 1 is 1.34 bits per heavy atom. The van der Waals surface area contributed by atoms with E-state index in [2.05, 4.69) is 17.1 Å². The fraction of sp³-hybridized carbons (Fsp3) is 0.667. The van der Waals surface area contributed by atoms with Crippen molar-refractivity contribution in [2.75, 3.05) is 19.7 Å². The van der Waals surface area contributed by atoms with Crippen LogP contribution in [0.3, 0.4) is 0 Å². The van der Waals surface area contributed by atoms with E-state index in [1.165, 1.54) is 0 Å². The first-order chi connectivity index (χ1) is 13.9. The van der Waals surface area contributed by atoms with E-state index in [1.807, 2.05) is 22.7 Å². The third-order valence-corrected chi connectivity index (χ3v) is 6.92. The van der Waals surface area contributed by atoms with Crippen molar-refractivity contribution in [2.24, 2.45) is 13.0 Å². The smallest absolute Gasteiger partial charge is 0.276 e. The zero-order valence-corrected chi connectivity index (χ0v) is 17.1. The summed E-state index contributed by atoms with van der Waals surface area (Å²) in [4.78, 5) is 19.3. The van der Waals surface area contributed by atoms with Crippen molar-refractivity contribution in [3.63, 3.8) is 0 Å². The van der Waals surface area contributed by atoms with Gasteiger partial charge in [0.15, 0.2) is 5.69 Å². The lowest BCUT2D eigenvalue weighted by Gasteiger charge is -2.38. The van der Waals surface area contributed by atoms with Gasteiger partial charge in [-0.25, -0.2) is 4.98 Å². The van der Waals surface area contributed by atoms with E-state index in [9.17, 15) is 9.90 Å². The quantitative estimate of drug-likeness (QED) is 0.826. The second-order valence-corrected chi connectivity index (χ2v) is 9.11. The van der Waals surface area contributed by atoms with Gasteiger partial charge in [0.1, 0.15) is 17.2 Å². The van der Waals surface area contributed by atoms with Crippen molar-refractivity contribution < 1.29 is 19.2 Å². The lowest BCUT2D eigenvalue weighted by molar-refractivity contribution is -0.0439. The lowest BCUT2D eigenvalue weighted by atomic mass is 9.83. The predicted octanol–water partition coefficient (Wildman–Crippen LogP) is 1.82. The molecular formula is C21H28N4O4. The highest BCUT2D eigenvalue weighted by Gasteiger charge is 2.52. The molecule has 8 nitrogen and oxygen atoms in total. The molecule has 156 valence electrons. The minimum atomic E-state index is -1.08. The van der Waals surface area contributed by atoms with Gasteiger partial charge < -0.3 is 23.8 Å². The molecule has 1 amide bonds. The van der Waals surface area contributed by atoms with E-state index >= 15 is 0 Å². The van der Waals surface area contributed by atoms with Gasteiger partial charge in [0.25, 0.3) is 5.91 Å². The number of rotatable bonds is 2. The Balaban J connectivity index is 1.27. The number of likely N-dealkylation sites (tertiary alicyclic amines) is 1. The molecule has 2 fully saturated rings. The number of hydrogen-bond acceptors (Lipinski definition) is 6.